The maximum atomic E-state index is 5.57. The molecule has 0 spiro atoms. The number of nitrogens with two attached hydrogens (primary N) is 1. The molecule has 0 rings (SSSR count). The van der Waals surface area contributed by atoms with Gasteiger partial charge >= 0.3 is 0 Å². The summed E-state index contributed by atoms with van der Waals surface area (Å²) in [5.74, 6) is 0. The van der Waals surface area contributed by atoms with Crippen molar-refractivity contribution < 1.29 is 0 Å². The molecule has 56 valence electrons. The maximum Gasteiger partial charge on any atom is 0.0337 e. The molecule has 0 saturated carbocycles. The Morgan fingerprint density at radius 2 is 2.20 bits per heavy atom. The largest absolute Gasteiger partial charge is 0.399 e. The summed E-state index contributed by atoms with van der Waals surface area (Å²) in [7, 11) is 0. The smallest absolute Gasteiger partial charge is 0.0337 e. The molecule has 1 heteroatoms. The summed E-state index contributed by atoms with van der Waals surface area (Å²) in [5, 5.41) is 0. The van der Waals surface area contributed by atoms with E-state index < -0.39 is 0 Å². The molecule has 0 aromatic rings. The molecule has 0 saturated heterocycles. The van der Waals surface area contributed by atoms with Crippen molar-refractivity contribution in [2.75, 3.05) is 0 Å². The van der Waals surface area contributed by atoms with Crippen molar-refractivity contribution in [3.63, 3.8) is 0 Å². The van der Waals surface area contributed by atoms with Crippen LogP contribution in [-0.2, 0) is 0 Å². The zero-order valence-electron chi connectivity index (χ0n) is 6.72. The van der Waals surface area contributed by atoms with E-state index in [0.717, 1.165) is 17.7 Å². The highest BCUT2D eigenvalue weighted by molar-refractivity contribution is 5.27. The van der Waals surface area contributed by atoms with E-state index in [1.165, 1.54) is 0 Å². The molecule has 0 aromatic carbocycles. The Kier molecular flexibility index (Phi) is 4.38. The van der Waals surface area contributed by atoms with Gasteiger partial charge in [0.2, 0.25) is 0 Å². The summed E-state index contributed by atoms with van der Waals surface area (Å²) in [5.41, 5.74) is 7.40. The molecule has 0 radical (unpaired) electrons. The zero-order chi connectivity index (χ0) is 7.98. The normalized spacial score (nSPS) is 13.4. The third-order valence-electron chi connectivity index (χ3n) is 1.28. The van der Waals surface area contributed by atoms with Crippen molar-refractivity contribution >= 4 is 0 Å². The van der Waals surface area contributed by atoms with Crippen LogP contribution in [0.5, 0.6) is 0 Å². The maximum absolute atomic E-state index is 5.57. The molecule has 0 aromatic heterocycles. The lowest BCUT2D eigenvalue weighted by Crippen LogP contribution is -1.94. The van der Waals surface area contributed by atoms with Crippen LogP contribution in [0.4, 0.5) is 0 Å². The Morgan fingerprint density at radius 1 is 1.60 bits per heavy atom. The van der Waals surface area contributed by atoms with E-state index in [0.29, 0.717) is 0 Å². The molecule has 0 heterocycles. The van der Waals surface area contributed by atoms with Gasteiger partial charge in [-0.25, -0.2) is 0 Å². The van der Waals surface area contributed by atoms with Gasteiger partial charge in [0.1, 0.15) is 0 Å². The molecule has 10 heavy (non-hydrogen) atoms. The minimum Gasteiger partial charge on any atom is -0.399 e. The van der Waals surface area contributed by atoms with Crippen molar-refractivity contribution in [2.45, 2.75) is 20.3 Å². The summed E-state index contributed by atoms with van der Waals surface area (Å²) >= 11 is 0. The van der Waals surface area contributed by atoms with Crippen LogP contribution >= 0.6 is 0 Å². The fourth-order valence-electron chi connectivity index (χ4n) is 0.552. The predicted octanol–water partition coefficient (Wildman–Crippen LogP) is 2.37. The Bertz CT molecular complexity index is 164. The average molecular weight is 137 g/mol. The summed E-state index contributed by atoms with van der Waals surface area (Å²) < 4.78 is 0. The Morgan fingerprint density at radius 3 is 2.60 bits per heavy atom. The van der Waals surface area contributed by atoms with Crippen molar-refractivity contribution in [1.29, 1.82) is 0 Å². The Labute approximate surface area is 62.9 Å². The summed E-state index contributed by atoms with van der Waals surface area (Å²) in [6.45, 7) is 7.64. The Balaban J connectivity index is 4.17. The average Bonchev–Trinajstić information content (AvgIpc) is 1.98. The number of hydrogen-bond donors (Lipinski definition) is 1. The predicted molar refractivity (Wildman–Crippen MR) is 46.5 cm³/mol. The van der Waals surface area contributed by atoms with Crippen LogP contribution in [0.1, 0.15) is 20.3 Å². The summed E-state index contributed by atoms with van der Waals surface area (Å²) in [4.78, 5) is 0. The molecule has 0 atom stereocenters. The van der Waals surface area contributed by atoms with Gasteiger partial charge in [-0.15, -0.1) is 0 Å². The van der Waals surface area contributed by atoms with Crippen molar-refractivity contribution in [3.8, 4) is 0 Å². The van der Waals surface area contributed by atoms with Crippen LogP contribution in [0.3, 0.4) is 0 Å². The van der Waals surface area contributed by atoms with E-state index in [2.05, 4.69) is 19.6 Å². The minimum atomic E-state index is 0.754. The van der Waals surface area contributed by atoms with Gasteiger partial charge in [0, 0.05) is 5.70 Å². The quantitative estimate of drug-likeness (QED) is 0.594. The van der Waals surface area contributed by atoms with Gasteiger partial charge in [0.05, 0.1) is 0 Å². The highest BCUT2D eigenvalue weighted by Crippen LogP contribution is 2.00. The highest BCUT2D eigenvalue weighted by atomic mass is 14.6. The number of allylic oxidation sites excluding steroid dienone is 4. The second-order valence-corrected chi connectivity index (χ2v) is 2.15. The first-order chi connectivity index (χ1) is 4.72. The van der Waals surface area contributed by atoms with Crippen LogP contribution < -0.4 is 5.73 Å². The molecule has 0 aliphatic carbocycles. The van der Waals surface area contributed by atoms with E-state index in [-0.39, 0.29) is 0 Å². The first-order valence-corrected chi connectivity index (χ1v) is 3.47. The fourth-order valence-corrected chi connectivity index (χ4v) is 0.552. The summed E-state index contributed by atoms with van der Waals surface area (Å²) in [6, 6.07) is 0. The molecular weight excluding hydrogens is 122 g/mol. The van der Waals surface area contributed by atoms with Gasteiger partial charge in [-0.05, 0) is 25.0 Å². The second kappa shape index (κ2) is 4.86. The second-order valence-electron chi connectivity index (χ2n) is 2.15. The number of hydrogen-bond acceptors (Lipinski definition) is 1. The van der Waals surface area contributed by atoms with Crippen molar-refractivity contribution in [2.24, 2.45) is 5.73 Å². The third-order valence-corrected chi connectivity index (χ3v) is 1.28. The molecule has 1 nitrogen and oxygen atoms in total. The first-order valence-electron chi connectivity index (χ1n) is 3.47. The van der Waals surface area contributed by atoms with Gasteiger partial charge < -0.3 is 5.73 Å². The van der Waals surface area contributed by atoms with E-state index in [9.17, 15) is 0 Å². The fraction of sp³-hybridized carbons (Fsp3) is 0.333. The van der Waals surface area contributed by atoms with E-state index >= 15 is 0 Å². The zero-order valence-corrected chi connectivity index (χ0v) is 6.72. The Hall–Kier alpha value is -0.980. The molecule has 0 amide bonds. The van der Waals surface area contributed by atoms with Crippen LogP contribution in [0, 0.1) is 0 Å². The van der Waals surface area contributed by atoms with Crippen LogP contribution in [-0.4, -0.2) is 0 Å². The first kappa shape index (κ1) is 9.02. The molecule has 0 aliphatic heterocycles. The van der Waals surface area contributed by atoms with E-state index in [4.69, 9.17) is 5.73 Å². The van der Waals surface area contributed by atoms with Crippen LogP contribution in [0.2, 0.25) is 0 Å². The van der Waals surface area contributed by atoms with Crippen molar-refractivity contribution in [3.05, 3.63) is 36.1 Å². The highest BCUT2D eigenvalue weighted by Gasteiger charge is 1.85. The van der Waals surface area contributed by atoms with Gasteiger partial charge in [0.15, 0.2) is 0 Å². The number of rotatable bonds is 3. The minimum absolute atomic E-state index is 0.754. The lowest BCUT2D eigenvalue weighted by molar-refractivity contribution is 1.21. The third kappa shape index (κ3) is 3.13. The van der Waals surface area contributed by atoms with Crippen LogP contribution in [0.25, 0.3) is 0 Å². The van der Waals surface area contributed by atoms with Crippen LogP contribution in [0.15, 0.2) is 36.1 Å². The monoisotopic (exact) mass is 137 g/mol. The molecule has 0 fully saturated rings. The van der Waals surface area contributed by atoms with E-state index in [1.807, 2.05) is 13.0 Å². The molecule has 0 unspecified atom stereocenters. The lowest BCUT2D eigenvalue weighted by atomic mass is 10.2. The van der Waals surface area contributed by atoms with E-state index in [1.54, 1.807) is 6.08 Å². The van der Waals surface area contributed by atoms with Gasteiger partial charge in [0.25, 0.3) is 0 Å². The molecule has 2 N–H and O–H groups in total. The lowest BCUT2D eigenvalue weighted by Gasteiger charge is -1.94. The molecular formula is C9H15N. The SMILES string of the molecule is C=C/C(N)=C(C)\C=C/CC. The van der Waals surface area contributed by atoms with Gasteiger partial charge in [-0.2, -0.15) is 0 Å². The molecule has 0 bridgehead atoms. The molecule has 0 aliphatic rings. The van der Waals surface area contributed by atoms with Gasteiger partial charge in [-0.1, -0.05) is 25.7 Å². The topological polar surface area (TPSA) is 26.0 Å². The summed E-state index contributed by atoms with van der Waals surface area (Å²) in [6.07, 6.45) is 6.79. The standard InChI is InChI=1S/C9H15N/c1-4-6-7-8(3)9(10)5-2/h5-7H,2,4,10H2,1,3H3/b7-6-,9-8+. The van der Waals surface area contributed by atoms with Crippen molar-refractivity contribution in [1.82, 2.24) is 0 Å². The van der Waals surface area contributed by atoms with Gasteiger partial charge in [-0.3, -0.25) is 0 Å².